The first-order valence-corrected chi connectivity index (χ1v) is 27.6. The third-order valence-electron chi connectivity index (χ3n) is 12.8. The molecule has 0 saturated heterocycles. The average molecular weight is 874 g/mol. The van der Waals surface area contributed by atoms with Gasteiger partial charge in [-0.25, -0.2) is 0 Å². The predicted octanol–water partition coefficient (Wildman–Crippen LogP) is 16.7. The van der Waals surface area contributed by atoms with E-state index in [-0.39, 0.29) is 24.9 Å². The van der Waals surface area contributed by atoms with Crippen molar-refractivity contribution in [2.45, 2.75) is 315 Å². The number of unbranched alkanes of at least 4 members (excludes halogenated alkanes) is 35. The van der Waals surface area contributed by atoms with Gasteiger partial charge in [-0.05, 0) is 51.4 Å². The minimum absolute atomic E-state index is 0.0770. The van der Waals surface area contributed by atoms with Gasteiger partial charge >= 0.3 is 5.97 Å². The van der Waals surface area contributed by atoms with E-state index in [1.165, 1.54) is 199 Å². The van der Waals surface area contributed by atoms with Crippen molar-refractivity contribution in [3.63, 3.8) is 0 Å². The molecule has 0 fully saturated rings. The lowest BCUT2D eigenvalue weighted by Crippen LogP contribution is -2.46. The average Bonchev–Trinajstić information content (AvgIpc) is 3.26. The van der Waals surface area contributed by atoms with Gasteiger partial charge in [0.25, 0.3) is 0 Å². The highest BCUT2D eigenvalue weighted by atomic mass is 16.5. The van der Waals surface area contributed by atoms with E-state index in [0.29, 0.717) is 19.3 Å². The summed E-state index contributed by atoms with van der Waals surface area (Å²) in [6.07, 6.45) is 58.1. The molecule has 3 N–H and O–H groups in total. The topological polar surface area (TPSA) is 95.9 Å². The molecule has 0 aliphatic carbocycles. The summed E-state index contributed by atoms with van der Waals surface area (Å²) in [4.78, 5) is 26.2. The molecule has 6 nitrogen and oxygen atoms in total. The Kier molecular flexibility index (Phi) is 49.0. The number of aliphatic hydroxyl groups is 2. The molecular formula is C56H107NO5. The number of carbonyl (C=O) groups is 2. The van der Waals surface area contributed by atoms with E-state index in [4.69, 9.17) is 4.74 Å². The van der Waals surface area contributed by atoms with Crippen molar-refractivity contribution in [3.8, 4) is 0 Å². The second-order valence-electron chi connectivity index (χ2n) is 19.0. The van der Waals surface area contributed by atoms with Crippen LogP contribution in [0, 0.1) is 0 Å². The first kappa shape index (κ1) is 60.3. The van der Waals surface area contributed by atoms with E-state index in [1.54, 1.807) is 0 Å². The molecule has 62 heavy (non-hydrogen) atoms. The standard InChI is InChI=1S/C56H107NO5/c1-4-7-10-13-16-19-22-25-26-27-28-29-31-34-37-40-43-46-49-56(61)62-52(47-44-41-38-35-32-30-23-20-17-14-11-8-5-2)50-55(60)57-53(51-58)54(59)48-45-42-39-36-33-24-21-18-15-12-9-6-3/h26-29,52-54,58-59H,4-25,30-51H2,1-3H3,(H,57,60)/b27-26+,29-28+. The van der Waals surface area contributed by atoms with Crippen molar-refractivity contribution in [1.29, 1.82) is 0 Å². The normalized spacial score (nSPS) is 13.3. The Hall–Kier alpha value is -1.66. The smallest absolute Gasteiger partial charge is 0.306 e. The maximum Gasteiger partial charge on any atom is 0.306 e. The Morgan fingerprint density at radius 3 is 1.19 bits per heavy atom. The van der Waals surface area contributed by atoms with Crippen LogP contribution in [0.4, 0.5) is 0 Å². The van der Waals surface area contributed by atoms with E-state index in [0.717, 1.165) is 51.4 Å². The maximum absolute atomic E-state index is 13.2. The Balaban J connectivity index is 4.54. The molecule has 366 valence electrons. The van der Waals surface area contributed by atoms with Crippen LogP contribution in [0.5, 0.6) is 0 Å². The summed E-state index contributed by atoms with van der Waals surface area (Å²) in [6.45, 7) is 6.50. The number of nitrogens with one attached hydrogen (secondary N) is 1. The molecule has 0 spiro atoms. The molecule has 0 aliphatic heterocycles. The van der Waals surface area contributed by atoms with Crippen molar-refractivity contribution < 1.29 is 24.5 Å². The number of ether oxygens (including phenoxy) is 1. The summed E-state index contributed by atoms with van der Waals surface area (Å²) in [5.74, 6) is -0.475. The van der Waals surface area contributed by atoms with Crippen molar-refractivity contribution in [2.75, 3.05) is 6.61 Å². The van der Waals surface area contributed by atoms with Gasteiger partial charge in [-0.3, -0.25) is 9.59 Å². The Labute approximate surface area is 386 Å². The third kappa shape index (κ3) is 44.9. The predicted molar refractivity (Wildman–Crippen MR) is 269 cm³/mol. The molecule has 0 aromatic carbocycles. The molecule has 0 rings (SSSR count). The fourth-order valence-electron chi connectivity index (χ4n) is 8.60. The van der Waals surface area contributed by atoms with Crippen LogP contribution >= 0.6 is 0 Å². The van der Waals surface area contributed by atoms with Gasteiger partial charge in [-0.15, -0.1) is 0 Å². The van der Waals surface area contributed by atoms with Crippen LogP contribution in [-0.2, 0) is 14.3 Å². The molecule has 0 bridgehead atoms. The zero-order valence-corrected chi connectivity index (χ0v) is 41.8. The third-order valence-corrected chi connectivity index (χ3v) is 12.8. The van der Waals surface area contributed by atoms with Gasteiger partial charge in [-0.2, -0.15) is 0 Å². The number of allylic oxidation sites excluding steroid dienone is 4. The van der Waals surface area contributed by atoms with Gasteiger partial charge in [-0.1, -0.05) is 257 Å². The van der Waals surface area contributed by atoms with Crippen molar-refractivity contribution in [3.05, 3.63) is 24.3 Å². The molecule has 6 heteroatoms. The SMILES string of the molecule is CCCCCCCCC/C=C/C=C/CCCCCCCC(=O)OC(CCCCCCCCCCCCCCC)CC(=O)NC(CO)C(O)CCCCCCCCCCCCCC. The van der Waals surface area contributed by atoms with Gasteiger partial charge in [0.2, 0.25) is 5.91 Å². The van der Waals surface area contributed by atoms with Crippen molar-refractivity contribution in [1.82, 2.24) is 5.32 Å². The second kappa shape index (κ2) is 50.3. The molecule has 0 saturated carbocycles. The summed E-state index contributed by atoms with van der Waals surface area (Å²) in [6, 6.07) is -0.699. The second-order valence-corrected chi connectivity index (χ2v) is 19.0. The van der Waals surface area contributed by atoms with Gasteiger partial charge in [0, 0.05) is 6.42 Å². The van der Waals surface area contributed by atoms with E-state index < -0.39 is 18.2 Å². The van der Waals surface area contributed by atoms with Gasteiger partial charge < -0.3 is 20.3 Å². The molecular weight excluding hydrogens is 767 g/mol. The lowest BCUT2D eigenvalue weighted by atomic mass is 10.0. The highest BCUT2D eigenvalue weighted by Crippen LogP contribution is 2.18. The molecule has 3 atom stereocenters. The van der Waals surface area contributed by atoms with E-state index in [1.807, 2.05) is 0 Å². The zero-order chi connectivity index (χ0) is 45.2. The first-order valence-electron chi connectivity index (χ1n) is 27.6. The molecule has 0 aromatic heterocycles. The van der Waals surface area contributed by atoms with E-state index in [9.17, 15) is 19.8 Å². The maximum atomic E-state index is 13.2. The number of hydrogen-bond donors (Lipinski definition) is 3. The number of carbonyl (C=O) groups excluding carboxylic acids is 2. The molecule has 1 amide bonds. The molecule has 3 unspecified atom stereocenters. The van der Waals surface area contributed by atoms with Crippen molar-refractivity contribution in [2.24, 2.45) is 0 Å². The largest absolute Gasteiger partial charge is 0.462 e. The quantitative estimate of drug-likeness (QED) is 0.0321. The Morgan fingerprint density at radius 2 is 0.806 bits per heavy atom. The Morgan fingerprint density at radius 1 is 0.468 bits per heavy atom. The van der Waals surface area contributed by atoms with Crippen LogP contribution in [0.3, 0.4) is 0 Å². The zero-order valence-electron chi connectivity index (χ0n) is 41.8. The van der Waals surface area contributed by atoms with Crippen LogP contribution in [0.2, 0.25) is 0 Å². The van der Waals surface area contributed by atoms with Crippen molar-refractivity contribution >= 4 is 11.9 Å². The molecule has 0 aliphatic rings. The molecule has 0 aromatic rings. The highest BCUT2D eigenvalue weighted by molar-refractivity contribution is 5.77. The number of rotatable bonds is 50. The fourth-order valence-corrected chi connectivity index (χ4v) is 8.60. The van der Waals surface area contributed by atoms with Crippen LogP contribution < -0.4 is 5.32 Å². The molecule has 0 radical (unpaired) electrons. The van der Waals surface area contributed by atoms with Gasteiger partial charge in [0.1, 0.15) is 6.10 Å². The van der Waals surface area contributed by atoms with E-state index >= 15 is 0 Å². The Bertz CT molecular complexity index is 981. The first-order chi connectivity index (χ1) is 30.5. The lowest BCUT2D eigenvalue weighted by Gasteiger charge is -2.24. The summed E-state index contributed by atoms with van der Waals surface area (Å²) in [5.41, 5.74) is 0. The fraction of sp³-hybridized carbons (Fsp3) is 0.893. The van der Waals surface area contributed by atoms with Gasteiger partial charge in [0.15, 0.2) is 0 Å². The van der Waals surface area contributed by atoms with Crippen LogP contribution in [0.1, 0.15) is 297 Å². The number of esters is 1. The monoisotopic (exact) mass is 874 g/mol. The van der Waals surface area contributed by atoms with Crippen LogP contribution in [-0.4, -0.2) is 46.9 Å². The minimum atomic E-state index is -0.786. The van der Waals surface area contributed by atoms with Crippen LogP contribution in [0.15, 0.2) is 24.3 Å². The summed E-state index contributed by atoms with van der Waals surface area (Å²) < 4.78 is 5.95. The summed E-state index contributed by atoms with van der Waals surface area (Å²) in [7, 11) is 0. The van der Waals surface area contributed by atoms with Crippen LogP contribution in [0.25, 0.3) is 0 Å². The lowest BCUT2D eigenvalue weighted by molar-refractivity contribution is -0.151. The molecule has 0 heterocycles. The number of amides is 1. The number of hydrogen-bond acceptors (Lipinski definition) is 5. The summed E-state index contributed by atoms with van der Waals surface area (Å²) >= 11 is 0. The highest BCUT2D eigenvalue weighted by Gasteiger charge is 2.24. The minimum Gasteiger partial charge on any atom is -0.462 e. The summed E-state index contributed by atoms with van der Waals surface area (Å²) in [5, 5.41) is 23.8. The van der Waals surface area contributed by atoms with E-state index in [2.05, 4.69) is 50.4 Å². The van der Waals surface area contributed by atoms with Gasteiger partial charge in [0.05, 0.1) is 25.2 Å². The number of aliphatic hydroxyl groups excluding tert-OH is 2.